The van der Waals surface area contributed by atoms with E-state index in [2.05, 4.69) is 47.2 Å². The van der Waals surface area contributed by atoms with Crippen LogP contribution in [0.2, 0.25) is 0 Å². The van der Waals surface area contributed by atoms with Gasteiger partial charge < -0.3 is 4.74 Å². The molecule has 1 unspecified atom stereocenters. The summed E-state index contributed by atoms with van der Waals surface area (Å²) in [6.07, 6.45) is 0. The molecule has 68 valence electrons. The van der Waals surface area contributed by atoms with Crippen LogP contribution in [0.4, 0.5) is 0 Å². The molecule has 0 amide bonds. The number of rotatable bonds is 3. The summed E-state index contributed by atoms with van der Waals surface area (Å²) in [5.74, 6) is 0.420. The summed E-state index contributed by atoms with van der Waals surface area (Å²) in [6.45, 7) is 10.6. The second kappa shape index (κ2) is 3.36. The largest absolute Gasteiger partial charge is 0.378 e. The van der Waals surface area contributed by atoms with Gasteiger partial charge in [0, 0.05) is 11.9 Å². The highest BCUT2D eigenvalue weighted by Gasteiger charge is 2.34. The Morgan fingerprint density at radius 2 is 1.55 bits per heavy atom. The van der Waals surface area contributed by atoms with Gasteiger partial charge in [-0.1, -0.05) is 20.8 Å². The fourth-order valence-electron chi connectivity index (χ4n) is 1.03. The van der Waals surface area contributed by atoms with Crippen LogP contribution in [0.15, 0.2) is 0 Å². The lowest BCUT2D eigenvalue weighted by Crippen LogP contribution is -2.41. The monoisotopic (exact) mass is 176 g/mol. The van der Waals surface area contributed by atoms with Crippen LogP contribution in [0.1, 0.15) is 34.6 Å². The lowest BCUT2D eigenvalue weighted by atomic mass is 9.83. The molecule has 0 radical (unpaired) electrons. The molecule has 0 saturated carbocycles. The normalized spacial score (nSPS) is 16.6. The minimum atomic E-state index is -0.0920. The molecule has 0 fully saturated rings. The van der Waals surface area contributed by atoms with Crippen molar-refractivity contribution in [3.8, 4) is 0 Å². The first-order valence-electron chi connectivity index (χ1n) is 3.99. The maximum atomic E-state index is 5.38. The SMILES string of the molecule is COC(C)(C)C(C)C(C)(C)S. The molecular formula is C9H20OS. The number of ether oxygens (including phenoxy) is 1. The van der Waals surface area contributed by atoms with Gasteiger partial charge in [-0.05, 0) is 19.8 Å². The predicted molar refractivity (Wildman–Crippen MR) is 53.3 cm³/mol. The Hall–Kier alpha value is 0.310. The third-order valence-corrected chi connectivity index (χ3v) is 3.02. The van der Waals surface area contributed by atoms with Crippen molar-refractivity contribution in [2.75, 3.05) is 7.11 Å². The van der Waals surface area contributed by atoms with Crippen molar-refractivity contribution >= 4 is 12.6 Å². The van der Waals surface area contributed by atoms with E-state index in [1.54, 1.807) is 7.11 Å². The lowest BCUT2D eigenvalue weighted by Gasteiger charge is -2.38. The third kappa shape index (κ3) is 3.04. The molecule has 0 saturated heterocycles. The average Bonchev–Trinajstić information content (AvgIpc) is 1.84. The van der Waals surface area contributed by atoms with Crippen LogP contribution < -0.4 is 0 Å². The molecule has 0 aliphatic heterocycles. The van der Waals surface area contributed by atoms with Gasteiger partial charge in [-0.3, -0.25) is 0 Å². The molecule has 0 aromatic heterocycles. The van der Waals surface area contributed by atoms with Gasteiger partial charge in [0.2, 0.25) is 0 Å². The molecule has 0 N–H and O–H groups in total. The standard InChI is InChI=1S/C9H20OS/c1-7(9(4,5)11)8(2,3)10-6/h7,11H,1-6H3. The molecule has 11 heavy (non-hydrogen) atoms. The molecule has 1 atom stereocenters. The minimum absolute atomic E-state index is 0.0134. The minimum Gasteiger partial charge on any atom is -0.378 e. The van der Waals surface area contributed by atoms with Crippen molar-refractivity contribution in [3.05, 3.63) is 0 Å². The fourth-order valence-corrected chi connectivity index (χ4v) is 1.34. The molecule has 1 nitrogen and oxygen atoms in total. The van der Waals surface area contributed by atoms with E-state index in [4.69, 9.17) is 4.74 Å². The molecule has 2 heteroatoms. The van der Waals surface area contributed by atoms with Crippen molar-refractivity contribution in [2.24, 2.45) is 5.92 Å². The highest BCUT2D eigenvalue weighted by atomic mass is 32.1. The van der Waals surface area contributed by atoms with Crippen molar-refractivity contribution in [2.45, 2.75) is 45.0 Å². The first-order chi connectivity index (χ1) is 4.72. The second-order valence-electron chi connectivity index (χ2n) is 4.18. The molecule has 0 aromatic rings. The summed E-state index contributed by atoms with van der Waals surface area (Å²) in [6, 6.07) is 0. The van der Waals surface area contributed by atoms with Crippen LogP contribution in [0.25, 0.3) is 0 Å². The second-order valence-corrected chi connectivity index (χ2v) is 5.34. The van der Waals surface area contributed by atoms with E-state index in [9.17, 15) is 0 Å². The highest BCUT2D eigenvalue weighted by Crippen LogP contribution is 2.33. The van der Waals surface area contributed by atoms with E-state index in [1.165, 1.54) is 0 Å². The quantitative estimate of drug-likeness (QED) is 0.651. The molecule has 0 bridgehead atoms. The zero-order valence-electron chi connectivity index (χ0n) is 8.43. The number of methoxy groups -OCH3 is 1. The Kier molecular flexibility index (Phi) is 3.45. The molecule has 0 spiro atoms. The predicted octanol–water partition coefficient (Wildman–Crippen LogP) is 2.76. The Labute approximate surface area is 75.9 Å². The topological polar surface area (TPSA) is 9.23 Å². The van der Waals surface area contributed by atoms with Crippen LogP contribution in [0.5, 0.6) is 0 Å². The Balaban J connectivity index is 4.35. The van der Waals surface area contributed by atoms with Gasteiger partial charge in [0.1, 0.15) is 0 Å². The third-order valence-electron chi connectivity index (χ3n) is 2.63. The summed E-state index contributed by atoms with van der Waals surface area (Å²) in [5.41, 5.74) is -0.0920. The van der Waals surface area contributed by atoms with E-state index < -0.39 is 0 Å². The summed E-state index contributed by atoms with van der Waals surface area (Å²) in [5, 5.41) is 0. The molecule has 0 rings (SSSR count). The van der Waals surface area contributed by atoms with Gasteiger partial charge in [0.25, 0.3) is 0 Å². The number of thiol groups is 1. The maximum absolute atomic E-state index is 5.38. The first kappa shape index (κ1) is 11.3. The molecule has 0 heterocycles. The molecule has 0 aliphatic rings. The summed E-state index contributed by atoms with van der Waals surface area (Å²) in [7, 11) is 1.75. The average molecular weight is 176 g/mol. The Morgan fingerprint density at radius 3 is 1.64 bits per heavy atom. The van der Waals surface area contributed by atoms with Gasteiger partial charge in [-0.2, -0.15) is 12.6 Å². The zero-order valence-corrected chi connectivity index (χ0v) is 9.33. The van der Waals surface area contributed by atoms with Crippen molar-refractivity contribution in [3.63, 3.8) is 0 Å². The lowest BCUT2D eigenvalue weighted by molar-refractivity contribution is -0.0307. The van der Waals surface area contributed by atoms with E-state index in [1.807, 2.05) is 0 Å². The number of hydrogen-bond acceptors (Lipinski definition) is 2. The molecule has 0 aromatic carbocycles. The van der Waals surface area contributed by atoms with E-state index in [0.717, 1.165) is 0 Å². The molecule has 0 aliphatic carbocycles. The van der Waals surface area contributed by atoms with Crippen molar-refractivity contribution in [1.82, 2.24) is 0 Å². The summed E-state index contributed by atoms with van der Waals surface area (Å²) < 4.78 is 5.39. The van der Waals surface area contributed by atoms with Gasteiger partial charge in [-0.25, -0.2) is 0 Å². The Morgan fingerprint density at radius 1 is 1.18 bits per heavy atom. The first-order valence-corrected chi connectivity index (χ1v) is 4.44. The van der Waals surface area contributed by atoms with Gasteiger partial charge in [-0.15, -0.1) is 0 Å². The fraction of sp³-hybridized carbons (Fsp3) is 1.00. The van der Waals surface area contributed by atoms with Crippen LogP contribution in [0, 0.1) is 5.92 Å². The van der Waals surface area contributed by atoms with Crippen LogP contribution in [-0.4, -0.2) is 17.5 Å². The molecular weight excluding hydrogens is 156 g/mol. The van der Waals surface area contributed by atoms with E-state index >= 15 is 0 Å². The van der Waals surface area contributed by atoms with E-state index in [-0.39, 0.29) is 10.3 Å². The number of hydrogen-bond donors (Lipinski definition) is 1. The highest BCUT2D eigenvalue weighted by molar-refractivity contribution is 7.81. The van der Waals surface area contributed by atoms with Gasteiger partial charge in [0.15, 0.2) is 0 Å². The van der Waals surface area contributed by atoms with Crippen LogP contribution in [-0.2, 0) is 4.74 Å². The Bertz CT molecular complexity index is 124. The van der Waals surface area contributed by atoms with Gasteiger partial charge in [0.05, 0.1) is 5.60 Å². The summed E-state index contributed by atoms with van der Waals surface area (Å²) in [4.78, 5) is 0. The van der Waals surface area contributed by atoms with Crippen LogP contribution in [0.3, 0.4) is 0 Å². The smallest absolute Gasteiger partial charge is 0.0661 e. The maximum Gasteiger partial charge on any atom is 0.0661 e. The van der Waals surface area contributed by atoms with Gasteiger partial charge >= 0.3 is 0 Å². The van der Waals surface area contributed by atoms with Crippen molar-refractivity contribution in [1.29, 1.82) is 0 Å². The van der Waals surface area contributed by atoms with Crippen LogP contribution >= 0.6 is 12.6 Å². The zero-order chi connectivity index (χ0) is 9.28. The van der Waals surface area contributed by atoms with E-state index in [0.29, 0.717) is 5.92 Å². The van der Waals surface area contributed by atoms with Crippen molar-refractivity contribution < 1.29 is 4.74 Å². The summed E-state index contributed by atoms with van der Waals surface area (Å²) >= 11 is 4.52.